The number of nitrogens with zero attached hydrogens (tertiary/aromatic N) is 2. The normalized spacial score (nSPS) is 17.4. The average molecular weight is 501 g/mol. The number of rotatable bonds is 6. The van der Waals surface area contributed by atoms with Crippen molar-refractivity contribution in [1.29, 1.82) is 0 Å². The van der Waals surface area contributed by atoms with Gasteiger partial charge in [-0.2, -0.15) is 13.2 Å². The van der Waals surface area contributed by atoms with Gasteiger partial charge >= 0.3 is 6.18 Å². The van der Waals surface area contributed by atoms with Gasteiger partial charge in [-0.05, 0) is 31.0 Å². The second-order valence-electron chi connectivity index (χ2n) is 6.30. The number of alkyl halides is 3. The zero-order chi connectivity index (χ0) is 19.2. The third kappa shape index (κ3) is 7.02. The molecule has 1 fully saturated rings. The fraction of sp³-hybridized carbons (Fsp3) is 0.611. The van der Waals surface area contributed by atoms with Crippen molar-refractivity contribution in [1.82, 2.24) is 10.2 Å². The zero-order valence-corrected chi connectivity index (χ0v) is 18.1. The van der Waals surface area contributed by atoms with Gasteiger partial charge in [0.1, 0.15) is 5.75 Å². The van der Waals surface area contributed by atoms with Crippen LogP contribution in [-0.4, -0.2) is 51.3 Å². The van der Waals surface area contributed by atoms with Crippen LogP contribution in [0.2, 0.25) is 0 Å². The molecule has 1 aliphatic heterocycles. The Bertz CT molecular complexity index is 620. The molecule has 0 aromatic heterocycles. The first-order chi connectivity index (χ1) is 12.3. The van der Waals surface area contributed by atoms with E-state index in [2.05, 4.69) is 10.3 Å². The third-order valence-electron chi connectivity index (χ3n) is 4.27. The van der Waals surface area contributed by atoms with E-state index in [1.807, 2.05) is 18.9 Å². The van der Waals surface area contributed by atoms with E-state index >= 15 is 0 Å². The summed E-state index contributed by atoms with van der Waals surface area (Å²) in [6.07, 6.45) is -3.47. The molecule has 0 saturated carbocycles. The molecule has 1 aromatic rings. The molecule has 1 heterocycles. The van der Waals surface area contributed by atoms with Crippen LogP contribution in [0.3, 0.4) is 0 Å². The maximum absolute atomic E-state index is 13.3. The summed E-state index contributed by atoms with van der Waals surface area (Å²) < 4.78 is 50.3. The number of benzene rings is 1. The van der Waals surface area contributed by atoms with Gasteiger partial charge in [0, 0.05) is 32.7 Å². The van der Waals surface area contributed by atoms with Crippen molar-refractivity contribution in [2.45, 2.75) is 26.1 Å². The molecule has 0 radical (unpaired) electrons. The van der Waals surface area contributed by atoms with E-state index in [9.17, 15) is 13.2 Å². The van der Waals surface area contributed by atoms with Crippen LogP contribution in [0.5, 0.6) is 5.75 Å². The van der Waals surface area contributed by atoms with Crippen LogP contribution in [0.15, 0.2) is 23.2 Å². The topological polar surface area (TPSA) is 46.1 Å². The highest BCUT2D eigenvalue weighted by molar-refractivity contribution is 14.0. The van der Waals surface area contributed by atoms with Gasteiger partial charge in [0.25, 0.3) is 0 Å². The lowest BCUT2D eigenvalue weighted by Gasteiger charge is -2.24. The van der Waals surface area contributed by atoms with Crippen LogP contribution in [0.4, 0.5) is 13.2 Å². The Hall–Kier alpha value is -1.23. The Kier molecular flexibility index (Phi) is 9.65. The summed E-state index contributed by atoms with van der Waals surface area (Å²) in [5.41, 5.74) is -0.602. The summed E-state index contributed by atoms with van der Waals surface area (Å²) in [5.74, 6) is 1.18. The number of ether oxygens (including phenoxy) is 2. The molecule has 1 aromatic carbocycles. The van der Waals surface area contributed by atoms with Crippen molar-refractivity contribution in [2.24, 2.45) is 10.9 Å². The number of nitrogens with one attached hydrogen (secondary N) is 1. The average Bonchev–Trinajstić information content (AvgIpc) is 3.10. The standard InChI is InChI=1S/C18H26F3N3O2.HI/c1-4-22-17(24(2)11-13-7-8-26-12-13)23-10-14-5-6-15(25-3)9-16(14)18(19,20)21;/h5-6,9,13H,4,7-8,10-12H2,1-3H3,(H,22,23);1H. The molecule has 2 rings (SSSR count). The predicted molar refractivity (Wildman–Crippen MR) is 110 cm³/mol. The van der Waals surface area contributed by atoms with Gasteiger partial charge in [0.2, 0.25) is 0 Å². The Morgan fingerprint density at radius 3 is 2.70 bits per heavy atom. The van der Waals surface area contributed by atoms with Crippen LogP contribution >= 0.6 is 24.0 Å². The highest BCUT2D eigenvalue weighted by atomic mass is 127. The molecule has 1 saturated heterocycles. The highest BCUT2D eigenvalue weighted by Crippen LogP contribution is 2.34. The first kappa shape index (κ1) is 23.8. The van der Waals surface area contributed by atoms with Gasteiger partial charge in [0.05, 0.1) is 25.8 Å². The minimum Gasteiger partial charge on any atom is -0.497 e. The van der Waals surface area contributed by atoms with Crippen LogP contribution < -0.4 is 10.1 Å². The fourth-order valence-corrected chi connectivity index (χ4v) is 2.92. The second-order valence-corrected chi connectivity index (χ2v) is 6.30. The molecule has 1 N–H and O–H groups in total. The quantitative estimate of drug-likeness (QED) is 0.367. The Labute approximate surface area is 175 Å². The van der Waals surface area contributed by atoms with Gasteiger partial charge < -0.3 is 19.7 Å². The molecule has 0 amide bonds. The Balaban J connectivity index is 0.00000364. The number of guanidine groups is 1. The predicted octanol–water partition coefficient (Wildman–Crippen LogP) is 3.77. The SMILES string of the molecule is CCNC(=NCc1ccc(OC)cc1C(F)(F)F)N(C)CC1CCOC1.I. The second kappa shape index (κ2) is 10.9. The van der Waals surface area contributed by atoms with Crippen LogP contribution in [0, 0.1) is 5.92 Å². The van der Waals surface area contributed by atoms with Crippen LogP contribution in [0.1, 0.15) is 24.5 Å². The Morgan fingerprint density at radius 1 is 1.41 bits per heavy atom. The van der Waals surface area contributed by atoms with Gasteiger partial charge in [-0.3, -0.25) is 0 Å². The summed E-state index contributed by atoms with van der Waals surface area (Å²) in [4.78, 5) is 6.35. The van der Waals surface area contributed by atoms with E-state index in [-0.39, 0.29) is 41.8 Å². The lowest BCUT2D eigenvalue weighted by atomic mass is 10.1. The van der Waals surface area contributed by atoms with Crippen LogP contribution in [-0.2, 0) is 17.5 Å². The molecular weight excluding hydrogens is 474 g/mol. The van der Waals surface area contributed by atoms with Gasteiger partial charge in [-0.25, -0.2) is 4.99 Å². The lowest BCUT2D eigenvalue weighted by molar-refractivity contribution is -0.138. The summed E-state index contributed by atoms with van der Waals surface area (Å²) >= 11 is 0. The smallest absolute Gasteiger partial charge is 0.416 e. The summed E-state index contributed by atoms with van der Waals surface area (Å²) in [7, 11) is 3.23. The van der Waals surface area contributed by atoms with Gasteiger partial charge in [0.15, 0.2) is 5.96 Å². The van der Waals surface area contributed by atoms with Crippen molar-refractivity contribution in [2.75, 3.05) is 40.5 Å². The van der Waals surface area contributed by atoms with Crippen molar-refractivity contribution < 1.29 is 22.6 Å². The van der Waals surface area contributed by atoms with Crippen molar-refractivity contribution in [3.05, 3.63) is 29.3 Å². The zero-order valence-electron chi connectivity index (χ0n) is 15.8. The van der Waals surface area contributed by atoms with Crippen molar-refractivity contribution >= 4 is 29.9 Å². The van der Waals surface area contributed by atoms with E-state index < -0.39 is 11.7 Å². The minimum absolute atomic E-state index is 0. The first-order valence-corrected chi connectivity index (χ1v) is 8.66. The van der Waals surface area contributed by atoms with E-state index in [0.717, 1.165) is 25.6 Å². The van der Waals surface area contributed by atoms with Gasteiger partial charge in [-0.15, -0.1) is 24.0 Å². The van der Waals surface area contributed by atoms with Gasteiger partial charge in [-0.1, -0.05) is 6.07 Å². The molecule has 9 heteroatoms. The van der Waals surface area contributed by atoms with E-state index in [1.165, 1.54) is 19.2 Å². The van der Waals surface area contributed by atoms with E-state index in [1.54, 1.807) is 0 Å². The van der Waals surface area contributed by atoms with E-state index in [4.69, 9.17) is 9.47 Å². The molecule has 1 unspecified atom stereocenters. The number of halogens is 4. The molecular formula is C18H27F3IN3O2. The monoisotopic (exact) mass is 501 g/mol. The number of aliphatic imine (C=N–C) groups is 1. The van der Waals surface area contributed by atoms with Crippen molar-refractivity contribution in [3.63, 3.8) is 0 Å². The fourth-order valence-electron chi connectivity index (χ4n) is 2.92. The third-order valence-corrected chi connectivity index (χ3v) is 4.27. The molecule has 27 heavy (non-hydrogen) atoms. The minimum atomic E-state index is -4.45. The number of hydrogen-bond acceptors (Lipinski definition) is 3. The summed E-state index contributed by atoms with van der Waals surface area (Å²) in [5, 5.41) is 3.14. The number of hydrogen-bond donors (Lipinski definition) is 1. The molecule has 0 aliphatic carbocycles. The maximum atomic E-state index is 13.3. The molecule has 0 bridgehead atoms. The molecule has 0 spiro atoms. The van der Waals surface area contributed by atoms with Crippen molar-refractivity contribution in [3.8, 4) is 5.75 Å². The summed E-state index contributed by atoms with van der Waals surface area (Å²) in [6, 6.07) is 3.95. The van der Waals surface area contributed by atoms with Crippen LogP contribution in [0.25, 0.3) is 0 Å². The first-order valence-electron chi connectivity index (χ1n) is 8.66. The molecule has 1 atom stereocenters. The lowest BCUT2D eigenvalue weighted by Crippen LogP contribution is -2.41. The molecule has 1 aliphatic rings. The molecule has 154 valence electrons. The van der Waals surface area contributed by atoms with E-state index in [0.29, 0.717) is 25.0 Å². The summed E-state index contributed by atoms with van der Waals surface area (Å²) in [6.45, 7) is 4.72. The Morgan fingerprint density at radius 2 is 2.15 bits per heavy atom. The molecule has 5 nitrogen and oxygen atoms in total. The maximum Gasteiger partial charge on any atom is 0.416 e. The number of methoxy groups -OCH3 is 1. The largest absolute Gasteiger partial charge is 0.497 e. The highest BCUT2D eigenvalue weighted by Gasteiger charge is 2.33.